The number of alkyl halides is 6. The van der Waals surface area contributed by atoms with E-state index in [0.717, 1.165) is 0 Å². The number of hydrogen-bond donors (Lipinski definition) is 0. The summed E-state index contributed by atoms with van der Waals surface area (Å²) in [6, 6.07) is 14.5. The number of rotatable bonds is 10. The quantitative estimate of drug-likeness (QED) is 0.0918. The van der Waals surface area contributed by atoms with Crippen molar-refractivity contribution in [3.8, 4) is 34.5 Å². The first kappa shape index (κ1) is 39.7. The Morgan fingerprint density at radius 1 is 0.480 bits per heavy atom. The Morgan fingerprint density at radius 3 is 1.00 bits per heavy atom. The smallest absolute Gasteiger partial charge is 0.497 e. The number of benzene rings is 4. The highest BCUT2D eigenvalue weighted by molar-refractivity contribution is 8.03. The van der Waals surface area contributed by atoms with Crippen molar-refractivity contribution in [1.82, 2.24) is 0 Å². The van der Waals surface area contributed by atoms with Crippen LogP contribution in [0, 0.1) is 0 Å². The standard InChI is InChI=1S/C24H27O7S.C8H3BF9/c1-26-16-7-10-22(19(13-16)29-4)32(25,23-11-8-17(27-2)14-20(23)30-5)24-12-9-18(28-3)15-21(24)31-6;10-7(11,12)4-1-5(8(13,14)15)3-6(2-4)9(16,17)18/h7-15H,1-6H3;1-3H/q+1;-1. The van der Waals surface area contributed by atoms with Gasteiger partial charge in [-0.2, -0.15) is 26.3 Å². The van der Waals surface area contributed by atoms with E-state index in [4.69, 9.17) is 28.4 Å². The Bertz CT molecular complexity index is 1620. The lowest BCUT2D eigenvalue weighted by molar-refractivity contribution is -0.143. The Labute approximate surface area is 282 Å². The lowest BCUT2D eigenvalue weighted by atomic mass is 9.78. The van der Waals surface area contributed by atoms with Gasteiger partial charge in [0.2, 0.25) is 14.7 Å². The lowest BCUT2D eigenvalue weighted by Gasteiger charge is -2.19. The van der Waals surface area contributed by atoms with Crippen molar-refractivity contribution in [2.75, 3.05) is 42.7 Å². The minimum absolute atomic E-state index is 0.338. The monoisotopic (exact) mass is 740 g/mol. The van der Waals surface area contributed by atoms with Crippen LogP contribution in [0.25, 0.3) is 0 Å². The molecule has 0 saturated carbocycles. The topological polar surface area (TPSA) is 72.5 Å². The van der Waals surface area contributed by atoms with Crippen LogP contribution in [0.2, 0.25) is 0 Å². The number of ether oxygens (including phenoxy) is 6. The fraction of sp³-hybridized carbons (Fsp3) is 0.250. The first-order valence-electron chi connectivity index (χ1n) is 14.0. The zero-order valence-electron chi connectivity index (χ0n) is 27.2. The third-order valence-electron chi connectivity index (χ3n) is 7.03. The van der Waals surface area contributed by atoms with Gasteiger partial charge in [-0.05, 0) is 24.3 Å². The largest absolute Gasteiger partial charge is 0.509 e. The molecule has 272 valence electrons. The summed E-state index contributed by atoms with van der Waals surface area (Å²) in [7, 11) is 6.08. The maximum Gasteiger partial charge on any atom is 0.509 e. The van der Waals surface area contributed by atoms with Gasteiger partial charge < -0.3 is 41.4 Å². The molecule has 0 unspecified atom stereocenters. The molecule has 0 aliphatic carbocycles. The average molecular weight is 740 g/mol. The van der Waals surface area contributed by atoms with Gasteiger partial charge in [0.25, 0.3) is 0 Å². The fourth-order valence-corrected chi connectivity index (χ4v) is 7.33. The highest BCUT2D eigenvalue weighted by Gasteiger charge is 2.46. The summed E-state index contributed by atoms with van der Waals surface area (Å²) < 4.78 is 158. The second-order valence-corrected chi connectivity index (χ2v) is 12.5. The summed E-state index contributed by atoms with van der Waals surface area (Å²) in [5.74, 6) is 2.96. The molecule has 0 heterocycles. The van der Waals surface area contributed by atoms with E-state index in [-0.39, 0.29) is 18.2 Å². The van der Waals surface area contributed by atoms with Crippen LogP contribution in [-0.2, 0) is 26.5 Å². The van der Waals surface area contributed by atoms with Crippen LogP contribution in [0.5, 0.6) is 34.5 Å². The summed E-state index contributed by atoms with van der Waals surface area (Å²) in [4.78, 5) is 1.35. The van der Waals surface area contributed by atoms with E-state index in [0.29, 0.717) is 49.2 Å². The van der Waals surface area contributed by atoms with Crippen molar-refractivity contribution in [2.45, 2.75) is 27.0 Å². The van der Waals surface area contributed by atoms with Crippen LogP contribution in [0.1, 0.15) is 11.1 Å². The number of methoxy groups -OCH3 is 6. The summed E-state index contributed by atoms with van der Waals surface area (Å²) in [6.45, 7) is -5.95. The second-order valence-electron chi connectivity index (χ2n) is 10.0. The van der Waals surface area contributed by atoms with E-state index < -0.39 is 45.9 Å². The van der Waals surface area contributed by atoms with Crippen molar-refractivity contribution in [3.63, 3.8) is 0 Å². The third-order valence-corrected chi connectivity index (χ3v) is 9.90. The van der Waals surface area contributed by atoms with Crippen molar-refractivity contribution in [3.05, 3.63) is 83.9 Å². The van der Waals surface area contributed by atoms with Gasteiger partial charge in [0.05, 0.1) is 53.8 Å². The maximum atomic E-state index is 15.2. The van der Waals surface area contributed by atoms with E-state index in [1.54, 1.807) is 75.9 Å². The Hall–Kier alpha value is -4.74. The highest BCUT2D eigenvalue weighted by Crippen LogP contribution is 2.49. The molecule has 0 saturated heterocycles. The summed E-state index contributed by atoms with van der Waals surface area (Å²) in [5.41, 5.74) is -5.89. The molecule has 0 aliphatic heterocycles. The van der Waals surface area contributed by atoms with E-state index in [1.807, 2.05) is 0 Å². The van der Waals surface area contributed by atoms with Crippen LogP contribution in [0.4, 0.5) is 39.3 Å². The van der Waals surface area contributed by atoms with E-state index in [2.05, 4.69) is 0 Å². The van der Waals surface area contributed by atoms with Crippen LogP contribution >= 0.6 is 0 Å². The minimum atomic E-state index is -5.95. The molecular formula is C32H30BF9O7S. The van der Waals surface area contributed by atoms with Crippen LogP contribution in [-0.4, -0.2) is 49.6 Å². The average Bonchev–Trinajstić information content (AvgIpc) is 3.09. The molecule has 0 fully saturated rings. The molecule has 0 atom stereocenters. The molecule has 0 amide bonds. The Balaban J connectivity index is 0.000000319. The molecule has 18 heteroatoms. The molecule has 0 bridgehead atoms. The predicted octanol–water partition coefficient (Wildman–Crippen LogP) is 8.49. The van der Waals surface area contributed by atoms with Crippen molar-refractivity contribution in [2.24, 2.45) is 0 Å². The molecule has 7 nitrogen and oxygen atoms in total. The molecule has 0 N–H and O–H groups in total. The number of hydrogen-bond acceptors (Lipinski definition) is 7. The normalized spacial score (nSPS) is 12.0. The maximum absolute atomic E-state index is 15.2. The Morgan fingerprint density at radius 2 is 0.780 bits per heavy atom. The number of halogens is 9. The van der Waals surface area contributed by atoms with Crippen LogP contribution in [0.15, 0.2) is 87.5 Å². The molecule has 0 spiro atoms. The van der Waals surface area contributed by atoms with Gasteiger partial charge in [-0.25, -0.2) is 0 Å². The predicted molar refractivity (Wildman–Crippen MR) is 167 cm³/mol. The van der Waals surface area contributed by atoms with Gasteiger partial charge >= 0.3 is 19.3 Å². The first-order valence-corrected chi connectivity index (χ1v) is 15.5. The van der Waals surface area contributed by atoms with Crippen LogP contribution < -0.4 is 33.9 Å². The summed E-state index contributed by atoms with van der Waals surface area (Å²) in [5, 5.41) is 0. The summed E-state index contributed by atoms with van der Waals surface area (Å²) in [6.07, 6.45) is -10.6. The van der Waals surface area contributed by atoms with E-state index in [9.17, 15) is 39.3 Å². The van der Waals surface area contributed by atoms with E-state index >= 15 is 4.21 Å². The SMILES string of the molecule is COc1ccc([S+](=O)(c2ccc(OC)cc2OC)c2ccc(OC)cc2OC)c(OC)c1.F[B-](F)(F)c1cc(C(F)(F)F)cc(C(F)(F)F)c1. The first-order chi connectivity index (χ1) is 23.3. The molecule has 4 rings (SSSR count). The van der Waals surface area contributed by atoms with Gasteiger partial charge in [-0.1, -0.05) is 16.3 Å². The molecular weight excluding hydrogens is 710 g/mol. The molecule has 50 heavy (non-hydrogen) atoms. The van der Waals surface area contributed by atoms with Gasteiger partial charge in [0, 0.05) is 36.4 Å². The van der Waals surface area contributed by atoms with Gasteiger partial charge in [0.15, 0.2) is 27.2 Å². The zero-order valence-corrected chi connectivity index (χ0v) is 28.0. The fourth-order valence-electron chi connectivity index (χ4n) is 4.56. The zero-order chi connectivity index (χ0) is 37.7. The second kappa shape index (κ2) is 15.4. The van der Waals surface area contributed by atoms with Crippen LogP contribution in [0.3, 0.4) is 0 Å². The van der Waals surface area contributed by atoms with Crippen molar-refractivity contribution in [1.29, 1.82) is 0 Å². The Kier molecular flexibility index (Phi) is 12.3. The summed E-state index contributed by atoms with van der Waals surface area (Å²) >= 11 is 0. The molecule has 4 aromatic rings. The van der Waals surface area contributed by atoms with Gasteiger partial charge in [-0.15, -0.1) is 5.46 Å². The third kappa shape index (κ3) is 8.70. The molecule has 0 aliphatic rings. The highest BCUT2D eigenvalue weighted by atomic mass is 32.2. The lowest BCUT2D eigenvalue weighted by Crippen LogP contribution is -2.36. The van der Waals surface area contributed by atoms with Gasteiger partial charge in [0.1, 0.15) is 17.2 Å². The minimum Gasteiger partial charge on any atom is -0.497 e. The van der Waals surface area contributed by atoms with Crippen molar-refractivity contribution >= 4 is 22.4 Å². The van der Waals surface area contributed by atoms with Gasteiger partial charge in [-0.3, -0.25) is 0 Å². The molecule has 0 aromatic heterocycles. The molecule has 4 aromatic carbocycles. The molecule has 0 radical (unpaired) electrons. The van der Waals surface area contributed by atoms with E-state index in [1.165, 1.54) is 21.3 Å². The van der Waals surface area contributed by atoms with Crippen molar-refractivity contribution < 1.29 is 71.9 Å².